The average molecular weight is 450 g/mol. The van der Waals surface area contributed by atoms with Crippen molar-refractivity contribution in [1.29, 1.82) is 0 Å². The maximum atomic E-state index is 12.4. The van der Waals surface area contributed by atoms with Crippen molar-refractivity contribution in [2.24, 2.45) is 0 Å². The number of amides is 1. The summed E-state index contributed by atoms with van der Waals surface area (Å²) in [4.78, 5) is 35.2. The third kappa shape index (κ3) is 6.76. The fraction of sp³-hybridized carbons (Fsp3) is 0.263. The Bertz CT molecular complexity index is 1080. The second-order valence-corrected chi connectivity index (χ2v) is 8.47. The molecule has 0 saturated carbocycles. The molecule has 12 heteroatoms. The van der Waals surface area contributed by atoms with Crippen LogP contribution in [-0.2, 0) is 24.3 Å². The van der Waals surface area contributed by atoms with Crippen LogP contribution in [0, 0.1) is 17.0 Å². The summed E-state index contributed by atoms with van der Waals surface area (Å²) in [6.07, 6.45) is 0. The molecule has 0 aliphatic rings. The van der Waals surface area contributed by atoms with Crippen LogP contribution in [0.2, 0.25) is 0 Å². The Morgan fingerprint density at radius 2 is 1.77 bits per heavy atom. The quantitative estimate of drug-likeness (QED) is 0.331. The van der Waals surface area contributed by atoms with E-state index < -0.39 is 45.7 Å². The first-order valence-electron chi connectivity index (χ1n) is 8.97. The largest absolute Gasteiger partial charge is 0.455 e. The Hall–Kier alpha value is -3.51. The van der Waals surface area contributed by atoms with Crippen molar-refractivity contribution in [2.45, 2.75) is 11.8 Å². The van der Waals surface area contributed by atoms with E-state index in [1.165, 1.54) is 17.0 Å². The van der Waals surface area contributed by atoms with Crippen LogP contribution in [0.1, 0.15) is 5.56 Å². The standard InChI is InChI=1S/C19H22N4O7S/c1-13-4-6-14(7-5-13)21-18(24)12-30-19(25)11-20-31(28,29)15-8-9-16(22(2)3)17(10-15)23(26)27/h4-10,20H,11-12H2,1-3H3,(H,21,24). The first kappa shape index (κ1) is 23.8. The summed E-state index contributed by atoms with van der Waals surface area (Å²) < 4.78 is 31.5. The molecule has 0 aliphatic carbocycles. The van der Waals surface area contributed by atoms with Crippen molar-refractivity contribution < 1.29 is 27.7 Å². The number of nitro benzene ring substituents is 1. The number of aryl methyl sites for hydroxylation is 1. The monoisotopic (exact) mass is 450 g/mol. The number of ether oxygens (including phenoxy) is 1. The predicted octanol–water partition coefficient (Wildman–Crippen LogP) is 1.43. The van der Waals surface area contributed by atoms with E-state index in [9.17, 15) is 28.1 Å². The van der Waals surface area contributed by atoms with Crippen molar-refractivity contribution >= 4 is 39.0 Å². The second kappa shape index (κ2) is 10.00. The van der Waals surface area contributed by atoms with Gasteiger partial charge in [-0.05, 0) is 31.2 Å². The second-order valence-electron chi connectivity index (χ2n) is 6.70. The summed E-state index contributed by atoms with van der Waals surface area (Å²) in [7, 11) is -1.05. The summed E-state index contributed by atoms with van der Waals surface area (Å²) in [6.45, 7) is 0.546. The van der Waals surface area contributed by atoms with Crippen molar-refractivity contribution in [3.05, 3.63) is 58.1 Å². The van der Waals surface area contributed by atoms with Crippen LogP contribution < -0.4 is 14.9 Å². The highest BCUT2D eigenvalue weighted by Crippen LogP contribution is 2.29. The van der Waals surface area contributed by atoms with Crippen molar-refractivity contribution in [3.63, 3.8) is 0 Å². The minimum absolute atomic E-state index is 0.225. The highest BCUT2D eigenvalue weighted by Gasteiger charge is 2.23. The van der Waals surface area contributed by atoms with E-state index >= 15 is 0 Å². The van der Waals surface area contributed by atoms with Crippen LogP contribution in [-0.4, -0.2) is 52.5 Å². The zero-order valence-corrected chi connectivity index (χ0v) is 17.9. The van der Waals surface area contributed by atoms with Crippen LogP contribution in [0.25, 0.3) is 0 Å². The Morgan fingerprint density at radius 1 is 1.13 bits per heavy atom. The number of benzene rings is 2. The van der Waals surface area contributed by atoms with Gasteiger partial charge in [-0.3, -0.25) is 19.7 Å². The number of esters is 1. The average Bonchev–Trinajstić information content (AvgIpc) is 2.72. The lowest BCUT2D eigenvalue weighted by atomic mass is 10.2. The van der Waals surface area contributed by atoms with E-state index in [0.29, 0.717) is 5.69 Å². The SMILES string of the molecule is Cc1ccc(NC(=O)COC(=O)CNS(=O)(=O)c2ccc(N(C)C)c([N+](=O)[O-])c2)cc1. The number of anilines is 2. The number of nitrogens with zero attached hydrogens (tertiary/aromatic N) is 2. The summed E-state index contributed by atoms with van der Waals surface area (Å²) >= 11 is 0. The number of hydrogen-bond acceptors (Lipinski definition) is 8. The fourth-order valence-corrected chi connectivity index (χ4v) is 3.45. The number of nitro groups is 1. The van der Waals surface area contributed by atoms with E-state index in [1.54, 1.807) is 38.4 Å². The van der Waals surface area contributed by atoms with Crippen molar-refractivity contribution in [2.75, 3.05) is 37.5 Å². The summed E-state index contributed by atoms with van der Waals surface area (Å²) in [5, 5.41) is 13.8. The topological polar surface area (TPSA) is 148 Å². The molecule has 0 unspecified atom stereocenters. The van der Waals surface area contributed by atoms with E-state index in [2.05, 4.69) is 5.32 Å². The number of carbonyl (C=O) groups is 2. The van der Waals surface area contributed by atoms with Crippen molar-refractivity contribution in [1.82, 2.24) is 4.72 Å². The summed E-state index contributed by atoms with van der Waals surface area (Å²) in [5.41, 5.74) is 1.36. The summed E-state index contributed by atoms with van der Waals surface area (Å²) in [5.74, 6) is -1.57. The summed E-state index contributed by atoms with van der Waals surface area (Å²) in [6, 6.07) is 10.3. The molecular formula is C19H22N4O7S. The number of carbonyl (C=O) groups excluding carboxylic acids is 2. The van der Waals surface area contributed by atoms with Gasteiger partial charge in [-0.25, -0.2) is 8.42 Å². The molecule has 1 amide bonds. The molecule has 2 aromatic rings. The van der Waals surface area contributed by atoms with Crippen molar-refractivity contribution in [3.8, 4) is 0 Å². The van der Waals surface area contributed by atoms with Gasteiger partial charge in [0, 0.05) is 25.8 Å². The first-order chi connectivity index (χ1) is 14.5. The Kier molecular flexibility index (Phi) is 7.67. The molecule has 166 valence electrons. The number of nitrogens with one attached hydrogen (secondary N) is 2. The van der Waals surface area contributed by atoms with Gasteiger partial charge in [0.25, 0.3) is 11.6 Å². The third-order valence-electron chi connectivity index (χ3n) is 4.04. The van der Waals surface area contributed by atoms with Gasteiger partial charge in [-0.15, -0.1) is 0 Å². The lowest BCUT2D eigenvalue weighted by Gasteiger charge is -2.13. The molecular weight excluding hydrogens is 428 g/mol. The van der Waals surface area contributed by atoms with Gasteiger partial charge >= 0.3 is 5.97 Å². The van der Waals surface area contributed by atoms with Gasteiger partial charge in [0.1, 0.15) is 12.2 Å². The fourth-order valence-electron chi connectivity index (χ4n) is 2.46. The maximum absolute atomic E-state index is 12.4. The molecule has 0 bridgehead atoms. The Morgan fingerprint density at radius 3 is 2.35 bits per heavy atom. The van der Waals surface area contributed by atoms with Crippen LogP contribution >= 0.6 is 0 Å². The molecule has 0 heterocycles. The van der Waals surface area contributed by atoms with Crippen LogP contribution in [0.3, 0.4) is 0 Å². The van der Waals surface area contributed by atoms with E-state index in [1.807, 2.05) is 11.6 Å². The molecule has 11 nitrogen and oxygen atoms in total. The molecule has 0 spiro atoms. The van der Waals surface area contributed by atoms with E-state index in [-0.39, 0.29) is 10.6 Å². The lowest BCUT2D eigenvalue weighted by molar-refractivity contribution is -0.384. The molecule has 2 rings (SSSR count). The lowest BCUT2D eigenvalue weighted by Crippen LogP contribution is -2.32. The molecule has 0 aromatic heterocycles. The Labute approximate surface area is 179 Å². The molecule has 0 fully saturated rings. The molecule has 2 N–H and O–H groups in total. The molecule has 0 aliphatic heterocycles. The van der Waals surface area contributed by atoms with Crippen LogP contribution in [0.4, 0.5) is 17.1 Å². The molecule has 0 saturated heterocycles. The van der Waals surface area contributed by atoms with E-state index in [0.717, 1.165) is 11.6 Å². The zero-order chi connectivity index (χ0) is 23.2. The highest BCUT2D eigenvalue weighted by atomic mass is 32.2. The van der Waals surface area contributed by atoms with Crippen LogP contribution in [0.15, 0.2) is 47.4 Å². The molecule has 0 radical (unpaired) electrons. The van der Waals surface area contributed by atoms with Crippen LogP contribution in [0.5, 0.6) is 0 Å². The van der Waals surface area contributed by atoms with E-state index in [4.69, 9.17) is 4.74 Å². The Balaban J connectivity index is 1.93. The minimum atomic E-state index is -4.22. The van der Waals surface area contributed by atoms with Gasteiger partial charge in [-0.1, -0.05) is 17.7 Å². The maximum Gasteiger partial charge on any atom is 0.321 e. The van der Waals surface area contributed by atoms with Gasteiger partial charge in [0.2, 0.25) is 10.0 Å². The number of hydrogen-bond donors (Lipinski definition) is 2. The molecule has 31 heavy (non-hydrogen) atoms. The zero-order valence-electron chi connectivity index (χ0n) is 17.1. The van der Waals surface area contributed by atoms with Gasteiger partial charge in [-0.2, -0.15) is 4.72 Å². The van der Waals surface area contributed by atoms with Gasteiger partial charge < -0.3 is 15.0 Å². The van der Waals surface area contributed by atoms with Gasteiger partial charge in [0.05, 0.1) is 9.82 Å². The smallest absolute Gasteiger partial charge is 0.321 e. The molecule has 0 atom stereocenters. The predicted molar refractivity (Wildman–Crippen MR) is 113 cm³/mol. The van der Waals surface area contributed by atoms with Gasteiger partial charge in [0.15, 0.2) is 6.61 Å². The normalized spacial score (nSPS) is 10.9. The number of rotatable bonds is 9. The highest BCUT2D eigenvalue weighted by molar-refractivity contribution is 7.89. The number of sulfonamides is 1. The first-order valence-corrected chi connectivity index (χ1v) is 10.5. The molecule has 2 aromatic carbocycles. The third-order valence-corrected chi connectivity index (χ3v) is 5.44. The minimum Gasteiger partial charge on any atom is -0.455 e.